The number of ketones is 1. The topological polar surface area (TPSA) is 34.9 Å². The third kappa shape index (κ3) is 2.47. The third-order valence-electron chi connectivity index (χ3n) is 2.64. The van der Waals surface area contributed by atoms with Crippen molar-refractivity contribution in [1.29, 1.82) is 0 Å². The van der Waals surface area contributed by atoms with Gasteiger partial charge in [-0.25, -0.2) is 0 Å². The van der Waals surface area contributed by atoms with E-state index in [0.717, 1.165) is 27.4 Å². The summed E-state index contributed by atoms with van der Waals surface area (Å²) in [5, 5.41) is 4.32. The quantitative estimate of drug-likeness (QED) is 0.777. The number of aromatic nitrogens is 2. The van der Waals surface area contributed by atoms with Crippen molar-refractivity contribution in [3.8, 4) is 10.4 Å². The Bertz CT molecular complexity index is 539. The number of hydrogen-bond donors (Lipinski definition) is 0. The lowest BCUT2D eigenvalue weighted by Gasteiger charge is -1.93. The first-order valence-electron chi connectivity index (χ1n) is 5.75. The monoisotopic (exact) mass is 248 g/mol. The molecule has 2 heterocycles. The van der Waals surface area contributed by atoms with Gasteiger partial charge in [-0.3, -0.25) is 9.48 Å². The van der Waals surface area contributed by atoms with E-state index in [9.17, 15) is 4.79 Å². The zero-order chi connectivity index (χ0) is 12.4. The van der Waals surface area contributed by atoms with E-state index in [1.807, 2.05) is 39.2 Å². The van der Waals surface area contributed by atoms with Crippen LogP contribution < -0.4 is 0 Å². The van der Waals surface area contributed by atoms with Gasteiger partial charge in [0.2, 0.25) is 0 Å². The maximum atomic E-state index is 11.8. The molecule has 0 aromatic carbocycles. The number of carbonyl (C=O) groups is 1. The number of thiophene rings is 1. The smallest absolute Gasteiger partial charge is 0.172 e. The number of carbonyl (C=O) groups excluding carboxylic acids is 1. The van der Waals surface area contributed by atoms with Crippen LogP contribution in [0, 0.1) is 6.92 Å². The van der Waals surface area contributed by atoms with Crippen molar-refractivity contribution in [2.45, 2.75) is 26.7 Å². The van der Waals surface area contributed by atoms with Gasteiger partial charge in [0.15, 0.2) is 5.78 Å². The molecule has 0 atom stereocenters. The van der Waals surface area contributed by atoms with Gasteiger partial charge in [0, 0.05) is 30.1 Å². The summed E-state index contributed by atoms with van der Waals surface area (Å²) in [6, 6.07) is 3.93. The number of hydrogen-bond acceptors (Lipinski definition) is 3. The molecule has 2 rings (SSSR count). The number of aryl methyl sites for hydroxylation is 2. The fraction of sp³-hybridized carbons (Fsp3) is 0.385. The van der Waals surface area contributed by atoms with Crippen LogP contribution in [0.4, 0.5) is 0 Å². The Labute approximate surface area is 105 Å². The molecule has 0 amide bonds. The highest BCUT2D eigenvalue weighted by Crippen LogP contribution is 2.30. The second-order valence-electron chi connectivity index (χ2n) is 4.14. The van der Waals surface area contributed by atoms with Gasteiger partial charge in [-0.15, -0.1) is 11.3 Å². The third-order valence-corrected chi connectivity index (χ3v) is 3.80. The normalized spacial score (nSPS) is 10.8. The van der Waals surface area contributed by atoms with Crippen LogP contribution in [0.2, 0.25) is 0 Å². The molecule has 0 aliphatic carbocycles. The van der Waals surface area contributed by atoms with Crippen molar-refractivity contribution in [1.82, 2.24) is 9.78 Å². The van der Waals surface area contributed by atoms with E-state index in [-0.39, 0.29) is 5.78 Å². The molecule has 0 unspecified atom stereocenters. The van der Waals surface area contributed by atoms with Gasteiger partial charge in [0.1, 0.15) is 0 Å². The molecule has 17 heavy (non-hydrogen) atoms. The fourth-order valence-corrected chi connectivity index (χ4v) is 2.86. The summed E-state index contributed by atoms with van der Waals surface area (Å²) in [6.07, 6.45) is 3.53. The van der Waals surface area contributed by atoms with E-state index in [4.69, 9.17) is 0 Å². The first-order chi connectivity index (χ1) is 8.11. The van der Waals surface area contributed by atoms with Crippen LogP contribution in [-0.4, -0.2) is 15.6 Å². The average Bonchev–Trinajstić information content (AvgIpc) is 2.85. The molecule has 4 heteroatoms. The van der Waals surface area contributed by atoms with Gasteiger partial charge in [-0.1, -0.05) is 6.92 Å². The van der Waals surface area contributed by atoms with E-state index in [0.29, 0.717) is 6.42 Å². The summed E-state index contributed by atoms with van der Waals surface area (Å²) in [4.78, 5) is 13.7. The van der Waals surface area contributed by atoms with Crippen molar-refractivity contribution < 1.29 is 4.79 Å². The predicted molar refractivity (Wildman–Crippen MR) is 70.5 cm³/mol. The van der Waals surface area contributed by atoms with Crippen LogP contribution in [0.1, 0.15) is 35.1 Å². The van der Waals surface area contributed by atoms with Crippen LogP contribution >= 0.6 is 11.3 Å². The van der Waals surface area contributed by atoms with E-state index in [1.54, 1.807) is 16.0 Å². The molecule has 0 spiro atoms. The number of Topliss-reactive ketones (excluding diaryl/α,β-unsaturated/α-hetero) is 1. The molecule has 2 aromatic rings. The molecule has 90 valence electrons. The SMILES string of the molecule is CCCC(=O)c1ccc(-c2cn(C)nc2C)s1. The number of rotatable bonds is 4. The predicted octanol–water partition coefficient (Wildman–Crippen LogP) is 3.44. The van der Waals surface area contributed by atoms with Crippen LogP contribution in [-0.2, 0) is 7.05 Å². The number of nitrogens with zero attached hydrogens (tertiary/aromatic N) is 2. The minimum Gasteiger partial charge on any atom is -0.293 e. The van der Waals surface area contributed by atoms with Crippen LogP contribution in [0.3, 0.4) is 0 Å². The van der Waals surface area contributed by atoms with Crippen molar-refractivity contribution in [3.05, 3.63) is 28.9 Å². The van der Waals surface area contributed by atoms with E-state index in [2.05, 4.69) is 5.10 Å². The molecule has 2 aromatic heterocycles. The summed E-state index contributed by atoms with van der Waals surface area (Å²) in [5.74, 6) is 0.241. The molecule has 0 N–H and O–H groups in total. The Hall–Kier alpha value is -1.42. The van der Waals surface area contributed by atoms with E-state index >= 15 is 0 Å². The molecule has 0 radical (unpaired) electrons. The molecule has 0 bridgehead atoms. The first kappa shape index (κ1) is 12.0. The standard InChI is InChI=1S/C13H16N2OS/c1-4-5-11(16)13-7-6-12(17-13)10-8-15(3)14-9(10)2/h6-8H,4-5H2,1-3H3. The highest BCUT2D eigenvalue weighted by molar-refractivity contribution is 7.17. The Morgan fingerprint density at radius 1 is 1.47 bits per heavy atom. The summed E-state index contributed by atoms with van der Waals surface area (Å²) >= 11 is 1.56. The molecule has 3 nitrogen and oxygen atoms in total. The van der Waals surface area contributed by atoms with Crippen molar-refractivity contribution in [2.75, 3.05) is 0 Å². The Morgan fingerprint density at radius 2 is 2.24 bits per heavy atom. The van der Waals surface area contributed by atoms with Gasteiger partial charge in [-0.2, -0.15) is 5.10 Å². The van der Waals surface area contributed by atoms with E-state index in [1.165, 1.54) is 0 Å². The van der Waals surface area contributed by atoms with Gasteiger partial charge in [-0.05, 0) is 25.5 Å². The molecular weight excluding hydrogens is 232 g/mol. The Balaban J connectivity index is 2.30. The lowest BCUT2D eigenvalue weighted by Crippen LogP contribution is -1.93. The van der Waals surface area contributed by atoms with E-state index < -0.39 is 0 Å². The van der Waals surface area contributed by atoms with Gasteiger partial charge in [0.05, 0.1) is 10.6 Å². The summed E-state index contributed by atoms with van der Waals surface area (Å²) in [5.41, 5.74) is 2.12. The first-order valence-corrected chi connectivity index (χ1v) is 6.57. The fourth-order valence-electron chi connectivity index (χ4n) is 1.82. The minimum absolute atomic E-state index is 0.241. The molecule has 0 aliphatic rings. The van der Waals surface area contributed by atoms with Gasteiger partial charge in [0.25, 0.3) is 0 Å². The molecule has 0 saturated carbocycles. The second kappa shape index (κ2) is 4.84. The van der Waals surface area contributed by atoms with Crippen LogP contribution in [0.25, 0.3) is 10.4 Å². The minimum atomic E-state index is 0.241. The van der Waals surface area contributed by atoms with Crippen LogP contribution in [0.5, 0.6) is 0 Å². The summed E-state index contributed by atoms with van der Waals surface area (Å²) < 4.78 is 1.80. The Morgan fingerprint density at radius 3 is 2.82 bits per heavy atom. The molecule has 0 fully saturated rings. The zero-order valence-electron chi connectivity index (χ0n) is 10.4. The average molecular weight is 248 g/mol. The van der Waals surface area contributed by atoms with Gasteiger partial charge < -0.3 is 0 Å². The lowest BCUT2D eigenvalue weighted by molar-refractivity contribution is 0.0985. The maximum Gasteiger partial charge on any atom is 0.172 e. The van der Waals surface area contributed by atoms with Crippen molar-refractivity contribution in [3.63, 3.8) is 0 Å². The second-order valence-corrected chi connectivity index (χ2v) is 5.22. The Kier molecular flexibility index (Phi) is 3.43. The molecule has 0 saturated heterocycles. The highest BCUT2D eigenvalue weighted by Gasteiger charge is 2.12. The lowest BCUT2D eigenvalue weighted by atomic mass is 10.2. The zero-order valence-corrected chi connectivity index (χ0v) is 11.2. The summed E-state index contributed by atoms with van der Waals surface area (Å²) in [6.45, 7) is 4.01. The highest BCUT2D eigenvalue weighted by atomic mass is 32.1. The van der Waals surface area contributed by atoms with Crippen molar-refractivity contribution in [2.24, 2.45) is 7.05 Å². The molecule has 0 aliphatic heterocycles. The molecular formula is C13H16N2OS. The van der Waals surface area contributed by atoms with Crippen molar-refractivity contribution >= 4 is 17.1 Å². The van der Waals surface area contributed by atoms with Gasteiger partial charge >= 0.3 is 0 Å². The van der Waals surface area contributed by atoms with Crippen LogP contribution in [0.15, 0.2) is 18.3 Å². The largest absolute Gasteiger partial charge is 0.293 e. The maximum absolute atomic E-state index is 11.8. The summed E-state index contributed by atoms with van der Waals surface area (Å²) in [7, 11) is 1.91.